The van der Waals surface area contributed by atoms with E-state index in [1.54, 1.807) is 33.5 Å². The highest BCUT2D eigenvalue weighted by atomic mass is 127. The normalized spacial score (nSPS) is 11.8. The standard InChI is InChI=1S/C23H32FN3O4.HI/c1-6-25-23(27-15-16(2)31-19-9-7-8-18(24)14-19)26-13-12-17-10-11-20(28-3)22(30-5)21(17)29-4;/h7-11,14,16H,6,12-13,15H2,1-5H3,(H2,25,26,27);1H. The lowest BCUT2D eigenvalue weighted by atomic mass is 10.1. The van der Waals surface area contributed by atoms with E-state index in [0.717, 1.165) is 12.1 Å². The molecular weight excluding hydrogens is 528 g/mol. The molecule has 7 nitrogen and oxygen atoms in total. The SMILES string of the molecule is CCNC(=NCC(C)Oc1cccc(F)c1)NCCc1ccc(OC)c(OC)c1OC.I. The van der Waals surface area contributed by atoms with Crippen LogP contribution in [0.5, 0.6) is 23.0 Å². The van der Waals surface area contributed by atoms with Crippen molar-refractivity contribution in [1.82, 2.24) is 10.6 Å². The maximum Gasteiger partial charge on any atom is 0.203 e. The van der Waals surface area contributed by atoms with Crippen LogP contribution in [-0.2, 0) is 6.42 Å². The third kappa shape index (κ3) is 8.25. The minimum Gasteiger partial charge on any atom is -0.493 e. The molecule has 2 N–H and O–H groups in total. The van der Waals surface area contributed by atoms with Gasteiger partial charge in [0, 0.05) is 24.7 Å². The van der Waals surface area contributed by atoms with E-state index >= 15 is 0 Å². The molecule has 0 aliphatic heterocycles. The number of rotatable bonds is 11. The molecule has 1 unspecified atom stereocenters. The second-order valence-electron chi connectivity index (χ2n) is 6.78. The molecule has 1 atom stereocenters. The van der Waals surface area contributed by atoms with Gasteiger partial charge < -0.3 is 29.6 Å². The number of nitrogens with one attached hydrogen (secondary N) is 2. The first-order valence-corrected chi connectivity index (χ1v) is 10.2. The van der Waals surface area contributed by atoms with Gasteiger partial charge in [0.05, 0.1) is 27.9 Å². The smallest absolute Gasteiger partial charge is 0.203 e. The fraction of sp³-hybridized carbons (Fsp3) is 0.435. The zero-order valence-corrected chi connectivity index (χ0v) is 21.6. The first-order valence-electron chi connectivity index (χ1n) is 10.2. The maximum atomic E-state index is 13.3. The summed E-state index contributed by atoms with van der Waals surface area (Å²) >= 11 is 0. The van der Waals surface area contributed by atoms with Gasteiger partial charge in [-0.3, -0.25) is 0 Å². The molecule has 2 aromatic carbocycles. The number of hydrogen-bond acceptors (Lipinski definition) is 5. The van der Waals surface area contributed by atoms with Gasteiger partial charge in [-0.25, -0.2) is 9.38 Å². The van der Waals surface area contributed by atoms with E-state index in [9.17, 15) is 4.39 Å². The molecular formula is C23H33FIN3O4. The number of halogens is 2. The zero-order chi connectivity index (χ0) is 22.6. The summed E-state index contributed by atoms with van der Waals surface area (Å²) in [6.45, 7) is 5.68. The molecule has 0 radical (unpaired) electrons. The van der Waals surface area contributed by atoms with Crippen LogP contribution in [0.25, 0.3) is 0 Å². The Morgan fingerprint density at radius 1 is 1.03 bits per heavy atom. The quantitative estimate of drug-likeness (QED) is 0.245. The summed E-state index contributed by atoms with van der Waals surface area (Å²) < 4.78 is 35.3. The van der Waals surface area contributed by atoms with Crippen molar-refractivity contribution >= 4 is 29.9 Å². The molecule has 9 heteroatoms. The molecule has 2 aromatic rings. The number of methoxy groups -OCH3 is 3. The van der Waals surface area contributed by atoms with Crippen LogP contribution in [0.2, 0.25) is 0 Å². The Kier molecular flexibility index (Phi) is 12.6. The fourth-order valence-electron chi connectivity index (χ4n) is 3.05. The Morgan fingerprint density at radius 2 is 1.78 bits per heavy atom. The Hall–Kier alpha value is -2.43. The second kappa shape index (κ2) is 14.6. The second-order valence-corrected chi connectivity index (χ2v) is 6.78. The van der Waals surface area contributed by atoms with Crippen LogP contribution in [-0.4, -0.2) is 53.0 Å². The van der Waals surface area contributed by atoms with Crippen LogP contribution >= 0.6 is 24.0 Å². The lowest BCUT2D eigenvalue weighted by Gasteiger charge is -2.17. The van der Waals surface area contributed by atoms with Crippen molar-refractivity contribution < 1.29 is 23.3 Å². The van der Waals surface area contributed by atoms with E-state index < -0.39 is 0 Å². The first kappa shape index (κ1) is 27.6. The summed E-state index contributed by atoms with van der Waals surface area (Å²) in [5.74, 6) is 2.69. The van der Waals surface area contributed by atoms with Gasteiger partial charge in [0.1, 0.15) is 17.7 Å². The van der Waals surface area contributed by atoms with E-state index in [-0.39, 0.29) is 35.9 Å². The van der Waals surface area contributed by atoms with Gasteiger partial charge >= 0.3 is 0 Å². The van der Waals surface area contributed by atoms with E-state index in [2.05, 4.69) is 15.6 Å². The van der Waals surface area contributed by atoms with Gasteiger partial charge in [0.15, 0.2) is 17.5 Å². The Bertz CT molecular complexity index is 867. The summed E-state index contributed by atoms with van der Waals surface area (Å²) in [7, 11) is 4.79. The Balaban J connectivity index is 0.00000512. The summed E-state index contributed by atoms with van der Waals surface area (Å²) in [6, 6.07) is 9.91. The molecule has 0 saturated carbocycles. The average molecular weight is 561 g/mol. The first-order chi connectivity index (χ1) is 15.0. The van der Waals surface area contributed by atoms with Crippen molar-refractivity contribution in [3.05, 3.63) is 47.8 Å². The largest absolute Gasteiger partial charge is 0.493 e. The lowest BCUT2D eigenvalue weighted by Crippen LogP contribution is -2.39. The van der Waals surface area contributed by atoms with Gasteiger partial charge in [-0.1, -0.05) is 12.1 Å². The van der Waals surface area contributed by atoms with Gasteiger partial charge in [-0.15, -0.1) is 24.0 Å². The molecule has 0 heterocycles. The van der Waals surface area contributed by atoms with Crippen LogP contribution in [0.15, 0.2) is 41.4 Å². The fourth-order valence-corrected chi connectivity index (χ4v) is 3.05. The number of ether oxygens (including phenoxy) is 4. The lowest BCUT2D eigenvalue weighted by molar-refractivity contribution is 0.229. The van der Waals surface area contributed by atoms with Gasteiger partial charge in [-0.2, -0.15) is 0 Å². The number of aliphatic imine (C=N–C) groups is 1. The highest BCUT2D eigenvalue weighted by Crippen LogP contribution is 2.39. The summed E-state index contributed by atoms with van der Waals surface area (Å²) in [5, 5.41) is 6.52. The van der Waals surface area contributed by atoms with Gasteiger partial charge in [0.2, 0.25) is 5.75 Å². The molecule has 32 heavy (non-hydrogen) atoms. The number of nitrogens with zero attached hydrogens (tertiary/aromatic N) is 1. The van der Waals surface area contributed by atoms with Crippen molar-refractivity contribution in [2.45, 2.75) is 26.4 Å². The molecule has 0 aliphatic carbocycles. The minimum atomic E-state index is -0.325. The molecule has 0 bridgehead atoms. The molecule has 0 saturated heterocycles. The number of guanidine groups is 1. The van der Waals surface area contributed by atoms with Gasteiger partial charge in [-0.05, 0) is 38.5 Å². The Labute approximate surface area is 206 Å². The van der Waals surface area contributed by atoms with Crippen LogP contribution < -0.4 is 29.6 Å². The molecule has 0 aromatic heterocycles. The van der Waals surface area contributed by atoms with Crippen LogP contribution in [0.1, 0.15) is 19.4 Å². The summed E-state index contributed by atoms with van der Waals surface area (Å²) in [5.41, 5.74) is 0.992. The minimum absolute atomic E-state index is 0. The van der Waals surface area contributed by atoms with Crippen molar-refractivity contribution in [3.63, 3.8) is 0 Å². The third-order valence-corrected chi connectivity index (χ3v) is 4.46. The number of hydrogen-bond donors (Lipinski definition) is 2. The topological polar surface area (TPSA) is 73.3 Å². The van der Waals surface area contributed by atoms with Crippen molar-refractivity contribution in [3.8, 4) is 23.0 Å². The molecule has 2 rings (SSSR count). The van der Waals surface area contributed by atoms with E-state index in [4.69, 9.17) is 18.9 Å². The van der Waals surface area contributed by atoms with Crippen molar-refractivity contribution in [2.24, 2.45) is 4.99 Å². The van der Waals surface area contributed by atoms with Crippen molar-refractivity contribution in [1.29, 1.82) is 0 Å². The monoisotopic (exact) mass is 561 g/mol. The van der Waals surface area contributed by atoms with Crippen LogP contribution in [0, 0.1) is 5.82 Å². The maximum absolute atomic E-state index is 13.3. The van der Waals surface area contributed by atoms with E-state index in [0.29, 0.717) is 48.5 Å². The molecule has 0 fully saturated rings. The van der Waals surface area contributed by atoms with E-state index in [1.807, 2.05) is 26.0 Å². The van der Waals surface area contributed by atoms with Crippen LogP contribution in [0.4, 0.5) is 4.39 Å². The highest BCUT2D eigenvalue weighted by molar-refractivity contribution is 14.0. The number of benzene rings is 2. The van der Waals surface area contributed by atoms with Crippen LogP contribution in [0.3, 0.4) is 0 Å². The summed E-state index contributed by atoms with van der Waals surface area (Å²) in [6.07, 6.45) is 0.492. The Morgan fingerprint density at radius 3 is 2.41 bits per heavy atom. The predicted octanol–water partition coefficient (Wildman–Crippen LogP) is 4.03. The average Bonchev–Trinajstić information content (AvgIpc) is 2.76. The molecule has 0 spiro atoms. The highest BCUT2D eigenvalue weighted by Gasteiger charge is 2.15. The van der Waals surface area contributed by atoms with Crippen molar-refractivity contribution in [2.75, 3.05) is 41.0 Å². The van der Waals surface area contributed by atoms with Gasteiger partial charge in [0.25, 0.3) is 0 Å². The molecule has 0 amide bonds. The third-order valence-electron chi connectivity index (χ3n) is 4.46. The molecule has 0 aliphatic rings. The van der Waals surface area contributed by atoms with E-state index in [1.165, 1.54) is 12.1 Å². The predicted molar refractivity (Wildman–Crippen MR) is 136 cm³/mol. The zero-order valence-electron chi connectivity index (χ0n) is 19.2. The molecule has 178 valence electrons. The summed E-state index contributed by atoms with van der Waals surface area (Å²) in [4.78, 5) is 4.57.